The molecule has 134 valence electrons. The molecular formula is C20H20N2O3S. The van der Waals surface area contributed by atoms with Gasteiger partial charge in [-0.2, -0.15) is 0 Å². The molecule has 1 fully saturated rings. The summed E-state index contributed by atoms with van der Waals surface area (Å²) in [5.41, 5.74) is 1.63. The highest BCUT2D eigenvalue weighted by molar-refractivity contribution is 8.18. The lowest BCUT2D eigenvalue weighted by molar-refractivity contribution is -0.115. The fraction of sp³-hybridized carbons (Fsp3) is 0.200. The Balaban J connectivity index is 1.85. The number of carbonyl (C=O) groups excluding carboxylic acids is 1. The molecule has 3 rings (SSSR count). The maximum atomic E-state index is 12.3. The van der Waals surface area contributed by atoms with Crippen LogP contribution in [0.15, 0.2) is 58.4 Å². The molecule has 1 aliphatic rings. The van der Waals surface area contributed by atoms with E-state index in [1.165, 1.54) is 11.8 Å². The van der Waals surface area contributed by atoms with Crippen LogP contribution in [-0.4, -0.2) is 24.3 Å². The van der Waals surface area contributed by atoms with E-state index in [0.29, 0.717) is 29.0 Å². The van der Waals surface area contributed by atoms with E-state index in [2.05, 4.69) is 10.3 Å². The summed E-state index contributed by atoms with van der Waals surface area (Å²) in [5, 5.41) is 3.36. The van der Waals surface area contributed by atoms with Crippen molar-refractivity contribution in [2.24, 2.45) is 4.99 Å². The maximum absolute atomic E-state index is 12.3. The second kappa shape index (κ2) is 8.58. The van der Waals surface area contributed by atoms with Crippen LogP contribution < -0.4 is 14.8 Å². The van der Waals surface area contributed by atoms with Gasteiger partial charge < -0.3 is 14.8 Å². The van der Waals surface area contributed by atoms with Gasteiger partial charge in [-0.15, -0.1) is 0 Å². The quantitative estimate of drug-likeness (QED) is 0.769. The molecule has 0 radical (unpaired) electrons. The third kappa shape index (κ3) is 4.46. The van der Waals surface area contributed by atoms with E-state index < -0.39 is 0 Å². The SMILES string of the molecule is CCOc1ccc(/C=C2/SC(=Nc3ccccc3)NC2=O)c(OCC)c1. The highest BCUT2D eigenvalue weighted by Crippen LogP contribution is 2.32. The Labute approximate surface area is 157 Å². The van der Waals surface area contributed by atoms with Gasteiger partial charge >= 0.3 is 0 Å². The van der Waals surface area contributed by atoms with Crippen LogP contribution in [0.4, 0.5) is 5.69 Å². The molecule has 0 atom stereocenters. The van der Waals surface area contributed by atoms with E-state index in [0.717, 1.165) is 17.0 Å². The lowest BCUT2D eigenvalue weighted by Gasteiger charge is -2.10. The van der Waals surface area contributed by atoms with Crippen LogP contribution in [0.25, 0.3) is 6.08 Å². The van der Waals surface area contributed by atoms with Gasteiger partial charge in [0.1, 0.15) is 11.5 Å². The Kier molecular flexibility index (Phi) is 5.96. The van der Waals surface area contributed by atoms with Crippen molar-refractivity contribution in [2.75, 3.05) is 13.2 Å². The van der Waals surface area contributed by atoms with Crippen LogP contribution in [0.1, 0.15) is 19.4 Å². The van der Waals surface area contributed by atoms with Crippen LogP contribution in [0.5, 0.6) is 11.5 Å². The minimum Gasteiger partial charge on any atom is -0.494 e. The van der Waals surface area contributed by atoms with Crippen molar-refractivity contribution >= 4 is 34.6 Å². The lowest BCUT2D eigenvalue weighted by atomic mass is 10.1. The number of nitrogens with one attached hydrogen (secondary N) is 1. The van der Waals surface area contributed by atoms with Crippen molar-refractivity contribution in [3.8, 4) is 11.5 Å². The predicted octanol–water partition coefficient (Wildman–Crippen LogP) is 4.38. The monoisotopic (exact) mass is 368 g/mol. The van der Waals surface area contributed by atoms with Crippen molar-refractivity contribution in [2.45, 2.75) is 13.8 Å². The first-order chi connectivity index (χ1) is 12.7. The molecular weight excluding hydrogens is 348 g/mol. The highest BCUT2D eigenvalue weighted by Gasteiger charge is 2.24. The summed E-state index contributed by atoms with van der Waals surface area (Å²) in [6, 6.07) is 15.1. The number of aliphatic imine (C=N–C) groups is 1. The van der Waals surface area contributed by atoms with Gasteiger partial charge in [0, 0.05) is 11.6 Å². The summed E-state index contributed by atoms with van der Waals surface area (Å²) in [5.74, 6) is 1.27. The fourth-order valence-electron chi connectivity index (χ4n) is 2.41. The molecule has 1 saturated heterocycles. The van der Waals surface area contributed by atoms with Gasteiger partial charge in [-0.05, 0) is 56.0 Å². The Morgan fingerprint density at radius 3 is 2.58 bits per heavy atom. The molecule has 26 heavy (non-hydrogen) atoms. The Bertz CT molecular complexity index is 847. The normalized spacial score (nSPS) is 16.8. The van der Waals surface area contributed by atoms with Crippen LogP contribution in [0.2, 0.25) is 0 Å². The second-order valence-corrected chi connectivity index (χ2v) is 6.41. The summed E-state index contributed by atoms with van der Waals surface area (Å²) >= 11 is 1.31. The Morgan fingerprint density at radius 2 is 1.85 bits per heavy atom. The van der Waals surface area contributed by atoms with Crippen molar-refractivity contribution in [1.29, 1.82) is 0 Å². The number of carbonyl (C=O) groups is 1. The molecule has 5 nitrogen and oxygen atoms in total. The van der Waals surface area contributed by atoms with E-state index in [1.807, 2.05) is 68.5 Å². The second-order valence-electron chi connectivity index (χ2n) is 5.38. The van der Waals surface area contributed by atoms with Crippen LogP contribution in [0, 0.1) is 0 Å². The summed E-state index contributed by atoms with van der Waals surface area (Å²) < 4.78 is 11.2. The topological polar surface area (TPSA) is 59.9 Å². The van der Waals surface area contributed by atoms with E-state index in [4.69, 9.17) is 9.47 Å². The third-order valence-corrected chi connectivity index (χ3v) is 4.43. The highest BCUT2D eigenvalue weighted by atomic mass is 32.2. The molecule has 1 heterocycles. The van der Waals surface area contributed by atoms with Crippen LogP contribution in [-0.2, 0) is 4.79 Å². The van der Waals surface area contributed by atoms with E-state index in [9.17, 15) is 4.79 Å². The molecule has 0 unspecified atom stereocenters. The Morgan fingerprint density at radius 1 is 1.08 bits per heavy atom. The van der Waals surface area contributed by atoms with Gasteiger partial charge in [-0.3, -0.25) is 4.79 Å². The van der Waals surface area contributed by atoms with Gasteiger partial charge in [0.15, 0.2) is 5.17 Å². The number of hydrogen-bond donors (Lipinski definition) is 1. The van der Waals surface area contributed by atoms with E-state index in [1.54, 1.807) is 0 Å². The zero-order valence-corrected chi connectivity index (χ0v) is 15.5. The zero-order chi connectivity index (χ0) is 18.4. The van der Waals surface area contributed by atoms with Crippen LogP contribution >= 0.6 is 11.8 Å². The van der Waals surface area contributed by atoms with E-state index >= 15 is 0 Å². The average Bonchev–Trinajstić information content (AvgIpc) is 2.97. The van der Waals surface area contributed by atoms with Crippen molar-refractivity contribution in [3.63, 3.8) is 0 Å². The molecule has 1 aliphatic heterocycles. The van der Waals surface area contributed by atoms with Crippen molar-refractivity contribution in [3.05, 3.63) is 59.0 Å². The van der Waals surface area contributed by atoms with Crippen molar-refractivity contribution in [1.82, 2.24) is 5.32 Å². The summed E-state index contributed by atoms with van der Waals surface area (Å²) in [6.07, 6.45) is 1.81. The van der Waals surface area contributed by atoms with Crippen molar-refractivity contribution < 1.29 is 14.3 Å². The molecule has 0 bridgehead atoms. The van der Waals surface area contributed by atoms with Crippen LogP contribution in [0.3, 0.4) is 0 Å². The number of amides is 1. The summed E-state index contributed by atoms with van der Waals surface area (Å²) in [6.45, 7) is 4.98. The fourth-order valence-corrected chi connectivity index (χ4v) is 3.25. The van der Waals surface area contributed by atoms with Gasteiger partial charge in [0.2, 0.25) is 0 Å². The molecule has 2 aromatic rings. The number of rotatable bonds is 6. The minimum absolute atomic E-state index is 0.166. The zero-order valence-electron chi connectivity index (χ0n) is 14.7. The summed E-state index contributed by atoms with van der Waals surface area (Å²) in [4.78, 5) is 17.3. The number of amidine groups is 1. The van der Waals surface area contributed by atoms with Gasteiger partial charge in [0.05, 0.1) is 23.8 Å². The molecule has 6 heteroatoms. The Hall–Kier alpha value is -2.73. The van der Waals surface area contributed by atoms with Gasteiger partial charge in [-0.25, -0.2) is 4.99 Å². The van der Waals surface area contributed by atoms with Gasteiger partial charge in [0.25, 0.3) is 5.91 Å². The number of hydrogen-bond acceptors (Lipinski definition) is 5. The van der Waals surface area contributed by atoms with Gasteiger partial charge in [-0.1, -0.05) is 18.2 Å². The minimum atomic E-state index is -0.166. The molecule has 1 amide bonds. The number of benzene rings is 2. The first kappa shape index (κ1) is 18.1. The average molecular weight is 368 g/mol. The summed E-state index contributed by atoms with van der Waals surface area (Å²) in [7, 11) is 0. The molecule has 0 spiro atoms. The standard InChI is InChI=1S/C20H20N2O3S/c1-3-24-16-11-10-14(17(13-16)25-4-2)12-18-19(23)22-20(26-18)21-15-8-6-5-7-9-15/h5-13H,3-4H2,1-2H3,(H,21,22,23)/b18-12+. The number of nitrogens with zero attached hydrogens (tertiary/aromatic N) is 1. The van der Waals surface area contributed by atoms with E-state index in [-0.39, 0.29) is 5.91 Å². The first-order valence-corrected chi connectivity index (χ1v) is 9.25. The maximum Gasteiger partial charge on any atom is 0.264 e. The number of para-hydroxylation sites is 1. The molecule has 0 aliphatic carbocycles. The number of thioether (sulfide) groups is 1. The largest absolute Gasteiger partial charge is 0.494 e. The molecule has 0 aromatic heterocycles. The molecule has 2 aromatic carbocycles. The smallest absolute Gasteiger partial charge is 0.264 e. The first-order valence-electron chi connectivity index (χ1n) is 8.44. The lowest BCUT2D eigenvalue weighted by Crippen LogP contribution is -2.19. The molecule has 0 saturated carbocycles. The molecule has 1 N–H and O–H groups in total. The third-order valence-electron chi connectivity index (χ3n) is 3.52. The number of ether oxygens (including phenoxy) is 2. The predicted molar refractivity (Wildman–Crippen MR) is 106 cm³/mol.